The number of fused-ring (bicyclic) bond motifs is 1. The van der Waals surface area contributed by atoms with Crippen molar-refractivity contribution < 1.29 is 28.7 Å². The standard InChI is InChI=1S/C23H30N2O6/c1-5-6-7-18(22(29)31-23(2,3)4)30-15-9-8-14-13-25(21(28)16(14)12-15)17-10-11-19(26)24-20(17)27/h8-9,12,17-18H,5-7,10-11,13H2,1-4H3,(H,24,26,27). The zero-order valence-corrected chi connectivity index (χ0v) is 18.5. The van der Waals surface area contributed by atoms with E-state index in [1.54, 1.807) is 39.0 Å². The average Bonchev–Trinajstić information content (AvgIpc) is 3.00. The van der Waals surface area contributed by atoms with Gasteiger partial charge in [-0.1, -0.05) is 19.4 Å². The molecule has 2 unspecified atom stereocenters. The second-order valence-electron chi connectivity index (χ2n) is 9.00. The summed E-state index contributed by atoms with van der Waals surface area (Å²) in [4.78, 5) is 50.6. The van der Waals surface area contributed by atoms with Crippen molar-refractivity contribution in [2.24, 2.45) is 0 Å². The lowest BCUT2D eigenvalue weighted by molar-refractivity contribution is -0.163. The first-order valence-electron chi connectivity index (χ1n) is 10.8. The molecule has 0 aromatic heterocycles. The Hall–Kier alpha value is -2.90. The van der Waals surface area contributed by atoms with Gasteiger partial charge in [0, 0.05) is 18.5 Å². The number of hydrogen-bond donors (Lipinski definition) is 1. The molecule has 2 aliphatic heterocycles. The number of hydrogen-bond acceptors (Lipinski definition) is 6. The quantitative estimate of drug-likeness (QED) is 0.527. The average molecular weight is 431 g/mol. The van der Waals surface area contributed by atoms with E-state index < -0.39 is 29.6 Å². The van der Waals surface area contributed by atoms with Gasteiger partial charge in [0.1, 0.15) is 17.4 Å². The minimum absolute atomic E-state index is 0.208. The SMILES string of the molecule is CCCCC(Oc1ccc2c(c1)C(=O)N(C1CCC(=O)NC1=O)C2)C(=O)OC(C)(C)C. The summed E-state index contributed by atoms with van der Waals surface area (Å²) in [6, 6.07) is 4.46. The van der Waals surface area contributed by atoms with Crippen LogP contribution in [0.4, 0.5) is 0 Å². The van der Waals surface area contributed by atoms with Gasteiger partial charge in [-0.15, -0.1) is 0 Å². The number of ether oxygens (including phenoxy) is 2. The third-order valence-electron chi connectivity index (χ3n) is 5.27. The Morgan fingerprint density at radius 3 is 2.65 bits per heavy atom. The van der Waals surface area contributed by atoms with Gasteiger partial charge >= 0.3 is 5.97 Å². The number of imide groups is 1. The number of carbonyl (C=O) groups is 4. The van der Waals surface area contributed by atoms with Crippen LogP contribution in [0.5, 0.6) is 5.75 Å². The molecule has 0 aliphatic carbocycles. The maximum Gasteiger partial charge on any atom is 0.347 e. The normalized spacial score (nSPS) is 19.7. The fourth-order valence-electron chi connectivity index (χ4n) is 3.75. The molecule has 31 heavy (non-hydrogen) atoms. The largest absolute Gasteiger partial charge is 0.479 e. The molecule has 0 radical (unpaired) electrons. The maximum atomic E-state index is 13.0. The van der Waals surface area contributed by atoms with E-state index in [-0.39, 0.29) is 18.2 Å². The Morgan fingerprint density at radius 2 is 2.00 bits per heavy atom. The van der Waals surface area contributed by atoms with Gasteiger partial charge in [0.05, 0.1) is 0 Å². The third-order valence-corrected chi connectivity index (χ3v) is 5.27. The van der Waals surface area contributed by atoms with Crippen LogP contribution in [0.1, 0.15) is 75.7 Å². The van der Waals surface area contributed by atoms with E-state index in [9.17, 15) is 19.2 Å². The fourth-order valence-corrected chi connectivity index (χ4v) is 3.75. The lowest BCUT2D eigenvalue weighted by Gasteiger charge is -2.29. The van der Waals surface area contributed by atoms with Gasteiger partial charge in [-0.3, -0.25) is 19.7 Å². The Morgan fingerprint density at radius 1 is 1.26 bits per heavy atom. The molecule has 168 valence electrons. The van der Waals surface area contributed by atoms with Crippen molar-refractivity contribution in [1.29, 1.82) is 0 Å². The van der Waals surface area contributed by atoms with E-state index in [0.717, 1.165) is 18.4 Å². The molecule has 8 heteroatoms. The Labute approximate surface area is 182 Å². The number of unbranched alkanes of at least 4 members (excludes halogenated alkanes) is 1. The van der Waals surface area contributed by atoms with Gasteiger partial charge in [0.2, 0.25) is 11.8 Å². The molecule has 1 saturated heterocycles. The van der Waals surface area contributed by atoms with Gasteiger partial charge in [-0.05, 0) is 57.7 Å². The first-order valence-corrected chi connectivity index (χ1v) is 10.8. The number of piperidine rings is 1. The highest BCUT2D eigenvalue weighted by atomic mass is 16.6. The molecule has 0 saturated carbocycles. The number of rotatable bonds is 7. The van der Waals surface area contributed by atoms with Crippen molar-refractivity contribution in [2.45, 2.75) is 84.1 Å². The highest BCUT2D eigenvalue weighted by Gasteiger charge is 2.39. The van der Waals surface area contributed by atoms with E-state index in [0.29, 0.717) is 30.7 Å². The summed E-state index contributed by atoms with van der Waals surface area (Å²) in [6.45, 7) is 7.74. The fraction of sp³-hybridized carbons (Fsp3) is 0.565. The van der Waals surface area contributed by atoms with E-state index >= 15 is 0 Å². The molecule has 0 spiro atoms. The van der Waals surface area contributed by atoms with Crippen LogP contribution in [-0.4, -0.2) is 46.3 Å². The molecule has 2 atom stereocenters. The van der Waals surface area contributed by atoms with Crippen LogP contribution in [0.25, 0.3) is 0 Å². The molecular formula is C23H30N2O6. The van der Waals surface area contributed by atoms with Gasteiger partial charge in [-0.25, -0.2) is 4.79 Å². The number of carbonyl (C=O) groups excluding carboxylic acids is 4. The summed E-state index contributed by atoms with van der Waals surface area (Å²) in [5.41, 5.74) is 0.603. The second-order valence-corrected chi connectivity index (χ2v) is 9.00. The number of amides is 3. The van der Waals surface area contributed by atoms with Crippen LogP contribution in [0, 0.1) is 0 Å². The van der Waals surface area contributed by atoms with E-state index in [1.807, 2.05) is 6.92 Å². The van der Waals surface area contributed by atoms with Crippen LogP contribution in [0.15, 0.2) is 18.2 Å². The van der Waals surface area contributed by atoms with Gasteiger partial charge in [-0.2, -0.15) is 0 Å². The van der Waals surface area contributed by atoms with Crippen molar-refractivity contribution in [3.05, 3.63) is 29.3 Å². The molecular weight excluding hydrogens is 400 g/mol. The zero-order valence-electron chi connectivity index (χ0n) is 18.5. The zero-order chi connectivity index (χ0) is 22.8. The maximum absolute atomic E-state index is 13.0. The molecule has 1 aromatic rings. The summed E-state index contributed by atoms with van der Waals surface area (Å²) >= 11 is 0. The smallest absolute Gasteiger partial charge is 0.347 e. The highest BCUT2D eigenvalue weighted by Crippen LogP contribution is 2.31. The summed E-state index contributed by atoms with van der Waals surface area (Å²) < 4.78 is 11.4. The summed E-state index contributed by atoms with van der Waals surface area (Å²) in [6.07, 6.45) is 1.98. The predicted molar refractivity (Wildman–Crippen MR) is 112 cm³/mol. The molecule has 1 fully saturated rings. The van der Waals surface area contributed by atoms with E-state index in [4.69, 9.17) is 9.47 Å². The number of nitrogens with zero attached hydrogens (tertiary/aromatic N) is 1. The number of nitrogens with one attached hydrogen (secondary N) is 1. The number of esters is 1. The lowest BCUT2D eigenvalue weighted by Crippen LogP contribution is -2.52. The van der Waals surface area contributed by atoms with Gasteiger partial charge < -0.3 is 14.4 Å². The van der Waals surface area contributed by atoms with Crippen molar-refractivity contribution in [3.63, 3.8) is 0 Å². The van der Waals surface area contributed by atoms with Crippen molar-refractivity contribution >= 4 is 23.7 Å². The molecule has 0 bridgehead atoms. The van der Waals surface area contributed by atoms with Crippen molar-refractivity contribution in [1.82, 2.24) is 10.2 Å². The second kappa shape index (κ2) is 9.08. The first-order chi connectivity index (χ1) is 14.6. The topological polar surface area (TPSA) is 102 Å². The Kier molecular flexibility index (Phi) is 6.67. The monoisotopic (exact) mass is 430 g/mol. The predicted octanol–water partition coefficient (Wildman–Crippen LogP) is 2.73. The van der Waals surface area contributed by atoms with Crippen LogP contribution in [0.3, 0.4) is 0 Å². The summed E-state index contributed by atoms with van der Waals surface area (Å²) in [5.74, 6) is -1.07. The minimum atomic E-state index is -0.764. The molecule has 2 aliphatic rings. The van der Waals surface area contributed by atoms with Crippen molar-refractivity contribution in [3.8, 4) is 5.75 Å². The third kappa shape index (κ3) is 5.42. The van der Waals surface area contributed by atoms with Crippen LogP contribution in [-0.2, 0) is 25.7 Å². The van der Waals surface area contributed by atoms with Crippen LogP contribution >= 0.6 is 0 Å². The first kappa shape index (κ1) is 22.8. The molecule has 1 N–H and O–H groups in total. The van der Waals surface area contributed by atoms with Gasteiger partial charge in [0.25, 0.3) is 5.91 Å². The summed E-state index contributed by atoms with van der Waals surface area (Å²) in [7, 11) is 0. The molecule has 8 nitrogen and oxygen atoms in total. The Bertz CT molecular complexity index is 889. The molecule has 3 amide bonds. The Balaban J connectivity index is 1.75. The van der Waals surface area contributed by atoms with Gasteiger partial charge in [0.15, 0.2) is 6.10 Å². The van der Waals surface area contributed by atoms with E-state index in [1.165, 1.54) is 4.90 Å². The molecule has 2 heterocycles. The molecule has 3 rings (SSSR count). The van der Waals surface area contributed by atoms with Crippen molar-refractivity contribution in [2.75, 3.05) is 0 Å². The minimum Gasteiger partial charge on any atom is -0.479 e. The van der Waals surface area contributed by atoms with E-state index in [2.05, 4.69) is 5.32 Å². The molecule has 1 aromatic carbocycles. The lowest BCUT2D eigenvalue weighted by atomic mass is 10.0. The highest BCUT2D eigenvalue weighted by molar-refractivity contribution is 6.05. The number of benzene rings is 1. The van der Waals surface area contributed by atoms with Crippen LogP contribution in [0.2, 0.25) is 0 Å². The van der Waals surface area contributed by atoms with Crippen LogP contribution < -0.4 is 10.1 Å². The summed E-state index contributed by atoms with van der Waals surface area (Å²) in [5, 5.41) is 2.29.